The number of anilines is 1. The van der Waals surface area contributed by atoms with E-state index >= 15 is 0 Å². The minimum atomic E-state index is -3.50. The molecule has 0 saturated carbocycles. The number of hydrogen-bond donors (Lipinski definition) is 2. The van der Waals surface area contributed by atoms with Gasteiger partial charge in [0.25, 0.3) is 0 Å². The molecule has 0 bridgehead atoms. The summed E-state index contributed by atoms with van der Waals surface area (Å²) in [5.74, 6) is 0. The number of hydrogen-bond acceptors (Lipinski definition) is 5. The Morgan fingerprint density at radius 1 is 1.43 bits per heavy atom. The largest absolute Gasteiger partial charge is 0.385 e. The number of aromatic nitrogens is 1. The molecule has 3 rings (SSSR count). The van der Waals surface area contributed by atoms with Gasteiger partial charge in [-0.05, 0) is 37.5 Å². The molecule has 1 aliphatic heterocycles. The molecule has 0 spiro atoms. The van der Waals surface area contributed by atoms with E-state index in [1.807, 2.05) is 13.0 Å². The number of nitrogens with zero attached hydrogens (tertiary/aromatic N) is 1. The molecule has 21 heavy (non-hydrogen) atoms. The first-order valence-corrected chi connectivity index (χ1v) is 9.18. The Balaban J connectivity index is 1.80. The lowest BCUT2D eigenvalue weighted by Gasteiger charge is -2.18. The normalized spacial score (nSPS) is 14.5. The van der Waals surface area contributed by atoms with Gasteiger partial charge in [-0.25, -0.2) is 18.1 Å². The highest BCUT2D eigenvalue weighted by Gasteiger charge is 2.18. The van der Waals surface area contributed by atoms with Crippen LogP contribution >= 0.6 is 11.3 Å². The van der Waals surface area contributed by atoms with Crippen LogP contribution in [0.5, 0.6) is 0 Å². The van der Waals surface area contributed by atoms with Crippen molar-refractivity contribution in [1.29, 1.82) is 0 Å². The van der Waals surface area contributed by atoms with Crippen LogP contribution in [0.3, 0.4) is 0 Å². The molecule has 0 atom stereocenters. The highest BCUT2D eigenvalue weighted by Crippen LogP contribution is 2.25. The fraction of sp³-hybridized carbons (Fsp3) is 0.357. The van der Waals surface area contributed by atoms with E-state index < -0.39 is 10.0 Å². The maximum Gasteiger partial charge on any atom is 0.240 e. The third-order valence-electron chi connectivity index (χ3n) is 3.60. The Hall–Kier alpha value is -1.44. The molecule has 0 unspecified atom stereocenters. The molecule has 5 nitrogen and oxygen atoms in total. The summed E-state index contributed by atoms with van der Waals surface area (Å²) in [6.07, 6.45) is 2.08. The average molecular weight is 323 g/mol. The van der Waals surface area contributed by atoms with Crippen molar-refractivity contribution >= 4 is 27.0 Å². The number of benzene rings is 1. The minimum absolute atomic E-state index is 0.281. The Labute approximate surface area is 128 Å². The first-order valence-electron chi connectivity index (χ1n) is 6.82. The quantitative estimate of drug-likeness (QED) is 0.905. The highest BCUT2D eigenvalue weighted by molar-refractivity contribution is 7.89. The van der Waals surface area contributed by atoms with Crippen LogP contribution in [0.4, 0.5) is 5.69 Å². The van der Waals surface area contributed by atoms with E-state index in [2.05, 4.69) is 15.0 Å². The molecular weight excluding hydrogens is 306 g/mol. The SMILES string of the molecule is Cc1ncsc1CNS(=O)(=O)c1ccc2c(c1)NCCC2. The molecule has 0 fully saturated rings. The summed E-state index contributed by atoms with van der Waals surface area (Å²) >= 11 is 1.46. The number of fused-ring (bicyclic) bond motifs is 1. The van der Waals surface area contributed by atoms with Gasteiger partial charge in [0.2, 0.25) is 10.0 Å². The molecule has 2 N–H and O–H groups in total. The second kappa shape index (κ2) is 5.75. The predicted octanol–water partition coefficient (Wildman–Crippen LogP) is 2.29. The molecule has 0 radical (unpaired) electrons. The van der Waals surface area contributed by atoms with E-state index in [1.165, 1.54) is 16.9 Å². The van der Waals surface area contributed by atoms with Gasteiger partial charge in [0.1, 0.15) is 0 Å². The molecule has 0 aliphatic carbocycles. The Kier molecular flexibility index (Phi) is 3.97. The zero-order valence-electron chi connectivity index (χ0n) is 11.7. The topological polar surface area (TPSA) is 71.1 Å². The van der Waals surface area contributed by atoms with Crippen molar-refractivity contribution in [2.45, 2.75) is 31.2 Å². The molecule has 1 aromatic carbocycles. The molecule has 1 aromatic heterocycles. The van der Waals surface area contributed by atoms with E-state index in [0.29, 0.717) is 4.90 Å². The van der Waals surface area contributed by atoms with Gasteiger partial charge in [0.15, 0.2) is 0 Å². The van der Waals surface area contributed by atoms with Gasteiger partial charge in [-0.2, -0.15) is 0 Å². The lowest BCUT2D eigenvalue weighted by atomic mass is 10.0. The van der Waals surface area contributed by atoms with Crippen molar-refractivity contribution in [3.63, 3.8) is 0 Å². The Bertz CT molecular complexity index is 753. The first kappa shape index (κ1) is 14.5. The van der Waals surface area contributed by atoms with E-state index in [0.717, 1.165) is 35.6 Å². The van der Waals surface area contributed by atoms with Crippen LogP contribution in [0, 0.1) is 6.92 Å². The Morgan fingerprint density at radius 2 is 2.29 bits per heavy atom. The summed E-state index contributed by atoms with van der Waals surface area (Å²) in [4.78, 5) is 5.36. The fourth-order valence-corrected chi connectivity index (χ4v) is 4.18. The minimum Gasteiger partial charge on any atom is -0.385 e. The number of aryl methyl sites for hydroxylation is 2. The summed E-state index contributed by atoms with van der Waals surface area (Å²) in [6, 6.07) is 5.29. The van der Waals surface area contributed by atoms with E-state index in [-0.39, 0.29) is 6.54 Å². The third kappa shape index (κ3) is 3.09. The monoisotopic (exact) mass is 323 g/mol. The third-order valence-corrected chi connectivity index (χ3v) is 5.93. The lowest BCUT2D eigenvalue weighted by molar-refractivity contribution is 0.581. The van der Waals surface area contributed by atoms with Crippen LogP contribution in [-0.2, 0) is 23.0 Å². The van der Waals surface area contributed by atoms with Crippen molar-refractivity contribution in [3.05, 3.63) is 39.8 Å². The number of sulfonamides is 1. The molecule has 0 amide bonds. The molecule has 0 saturated heterocycles. The molecule has 112 valence electrons. The fourth-order valence-electron chi connectivity index (χ4n) is 2.35. The van der Waals surface area contributed by atoms with Crippen LogP contribution in [0.15, 0.2) is 28.6 Å². The van der Waals surface area contributed by atoms with Crippen LogP contribution < -0.4 is 10.0 Å². The number of rotatable bonds is 4. The average Bonchev–Trinajstić information content (AvgIpc) is 2.90. The summed E-state index contributed by atoms with van der Waals surface area (Å²) in [6.45, 7) is 3.05. The lowest BCUT2D eigenvalue weighted by Crippen LogP contribution is -2.23. The van der Waals surface area contributed by atoms with Crippen LogP contribution in [0.2, 0.25) is 0 Å². The molecule has 2 aromatic rings. The van der Waals surface area contributed by atoms with Crippen LogP contribution in [-0.4, -0.2) is 19.9 Å². The Morgan fingerprint density at radius 3 is 3.05 bits per heavy atom. The van der Waals surface area contributed by atoms with Gasteiger partial charge in [-0.3, -0.25) is 0 Å². The predicted molar refractivity (Wildman–Crippen MR) is 84.1 cm³/mol. The maximum atomic E-state index is 12.4. The maximum absolute atomic E-state index is 12.4. The molecule has 1 aliphatic rings. The first-order chi connectivity index (χ1) is 10.1. The van der Waals surface area contributed by atoms with Crippen LogP contribution in [0.25, 0.3) is 0 Å². The van der Waals surface area contributed by atoms with E-state index in [4.69, 9.17) is 0 Å². The molecule has 2 heterocycles. The number of nitrogens with one attached hydrogen (secondary N) is 2. The van der Waals surface area contributed by atoms with Crippen molar-refractivity contribution < 1.29 is 8.42 Å². The van der Waals surface area contributed by atoms with Gasteiger partial charge in [-0.15, -0.1) is 11.3 Å². The standard InChI is InChI=1S/C14H17N3O2S2/c1-10-14(20-9-16-10)8-17-21(18,19)12-5-4-11-3-2-6-15-13(11)7-12/h4-5,7,9,15,17H,2-3,6,8H2,1H3. The zero-order valence-corrected chi connectivity index (χ0v) is 13.4. The van der Waals surface area contributed by atoms with Crippen molar-refractivity contribution in [3.8, 4) is 0 Å². The highest BCUT2D eigenvalue weighted by atomic mass is 32.2. The van der Waals surface area contributed by atoms with Crippen molar-refractivity contribution in [2.75, 3.05) is 11.9 Å². The van der Waals surface area contributed by atoms with Gasteiger partial charge in [0.05, 0.1) is 16.1 Å². The summed E-state index contributed by atoms with van der Waals surface area (Å²) < 4.78 is 27.4. The van der Waals surface area contributed by atoms with Gasteiger partial charge < -0.3 is 5.32 Å². The van der Waals surface area contributed by atoms with Crippen molar-refractivity contribution in [2.24, 2.45) is 0 Å². The summed E-state index contributed by atoms with van der Waals surface area (Å²) in [7, 11) is -3.50. The van der Waals surface area contributed by atoms with Gasteiger partial charge in [-0.1, -0.05) is 6.07 Å². The van der Waals surface area contributed by atoms with E-state index in [1.54, 1.807) is 17.6 Å². The van der Waals surface area contributed by atoms with Crippen LogP contribution in [0.1, 0.15) is 22.6 Å². The summed E-state index contributed by atoms with van der Waals surface area (Å²) in [5.41, 5.74) is 4.70. The second-order valence-electron chi connectivity index (χ2n) is 5.03. The smallest absolute Gasteiger partial charge is 0.240 e. The zero-order chi connectivity index (χ0) is 14.9. The van der Waals surface area contributed by atoms with Gasteiger partial charge in [0, 0.05) is 23.7 Å². The van der Waals surface area contributed by atoms with E-state index in [9.17, 15) is 8.42 Å². The van der Waals surface area contributed by atoms with Crippen molar-refractivity contribution in [1.82, 2.24) is 9.71 Å². The summed E-state index contributed by atoms with van der Waals surface area (Å²) in [5, 5.41) is 3.25. The molecule has 7 heteroatoms. The number of thiazole rings is 1. The molecular formula is C14H17N3O2S2. The van der Waals surface area contributed by atoms with Gasteiger partial charge >= 0.3 is 0 Å². The second-order valence-corrected chi connectivity index (χ2v) is 7.74.